The summed E-state index contributed by atoms with van der Waals surface area (Å²) in [4.78, 5) is 33.4. The molecule has 3 heterocycles. The van der Waals surface area contributed by atoms with Gasteiger partial charge in [-0.25, -0.2) is 23.2 Å². The highest BCUT2D eigenvalue weighted by molar-refractivity contribution is 5.97. The fourth-order valence-electron chi connectivity index (χ4n) is 6.16. The molecule has 1 amide bonds. The minimum absolute atomic E-state index is 0.0767. The van der Waals surface area contributed by atoms with E-state index in [0.717, 1.165) is 10.7 Å². The van der Waals surface area contributed by atoms with Gasteiger partial charge in [0.15, 0.2) is 0 Å². The second kappa shape index (κ2) is 13.5. The van der Waals surface area contributed by atoms with Crippen LogP contribution < -0.4 is 16.6 Å². The number of nitrogens with one attached hydrogen (secondary N) is 1. The Labute approximate surface area is 265 Å². The molecule has 0 fully saturated rings. The predicted octanol–water partition coefficient (Wildman–Crippen LogP) is 4.30. The Hall–Kier alpha value is -4.43. The van der Waals surface area contributed by atoms with E-state index in [1.54, 1.807) is 23.9 Å². The Morgan fingerprint density at radius 3 is 2.57 bits per heavy atom. The van der Waals surface area contributed by atoms with Gasteiger partial charge in [0.25, 0.3) is 5.56 Å². The number of hydrogen-bond donors (Lipinski definition) is 2. The number of nitrogens with zero attached hydrogens (tertiary/aromatic N) is 6. The molecule has 0 saturated heterocycles. The van der Waals surface area contributed by atoms with Crippen LogP contribution in [0.4, 0.5) is 19.3 Å². The standard InChI is InChI=1S/C32H40F2N8O4/c1-6-24(32(2,3)11-12-35)46-31(44)41(13-14-45-5)18-42-30(43)22-15-21(34)16-23-25(22)28(39-42)26(29-36-17-37-40(29)4)27(38-23)19-7-9-20(33)10-8-19/h7-10,15-17,24,26-27,38H,6,11-14,18,35H2,1-5H3/t24?,26-,27-/m0/s1. The van der Waals surface area contributed by atoms with E-state index in [1.807, 2.05) is 20.8 Å². The third-order valence-corrected chi connectivity index (χ3v) is 8.65. The summed E-state index contributed by atoms with van der Waals surface area (Å²) in [6, 6.07) is 7.83. The van der Waals surface area contributed by atoms with E-state index in [2.05, 4.69) is 15.4 Å². The van der Waals surface area contributed by atoms with Gasteiger partial charge in [-0.05, 0) is 49.2 Å². The maximum atomic E-state index is 15.1. The van der Waals surface area contributed by atoms with Crippen molar-refractivity contribution in [3.63, 3.8) is 0 Å². The topological polar surface area (TPSA) is 142 Å². The summed E-state index contributed by atoms with van der Waals surface area (Å²) in [5, 5.41) is 12.9. The molecule has 0 spiro atoms. The second-order valence-corrected chi connectivity index (χ2v) is 12.2. The number of rotatable bonds is 12. The molecule has 12 nitrogen and oxygen atoms in total. The van der Waals surface area contributed by atoms with Gasteiger partial charge < -0.3 is 20.5 Å². The molecule has 0 bridgehead atoms. The van der Waals surface area contributed by atoms with Crippen molar-refractivity contribution in [1.29, 1.82) is 0 Å². The number of anilines is 1. The summed E-state index contributed by atoms with van der Waals surface area (Å²) in [7, 11) is 3.24. The van der Waals surface area contributed by atoms with E-state index in [4.69, 9.17) is 20.3 Å². The SMILES string of the molecule is CCC(OC(=O)N(CCOC)Cn1nc2c3c(cc(F)cc3c1=O)N[C@@H](c1ccc(F)cc1)[C@@H]2c1ncnn1C)C(C)(C)CCN. The third-order valence-electron chi connectivity index (χ3n) is 8.65. The average molecular weight is 639 g/mol. The lowest BCUT2D eigenvalue weighted by Gasteiger charge is -2.35. The third kappa shape index (κ3) is 6.44. The van der Waals surface area contributed by atoms with E-state index in [1.165, 1.54) is 36.5 Å². The van der Waals surface area contributed by atoms with E-state index >= 15 is 4.39 Å². The predicted molar refractivity (Wildman–Crippen MR) is 168 cm³/mol. The Balaban J connectivity index is 1.63. The van der Waals surface area contributed by atoms with Gasteiger partial charge in [0.1, 0.15) is 36.6 Å². The fraction of sp³-hybridized carbons (Fsp3) is 0.469. The zero-order valence-electron chi connectivity index (χ0n) is 26.7. The largest absolute Gasteiger partial charge is 0.446 e. The van der Waals surface area contributed by atoms with Gasteiger partial charge in [0.2, 0.25) is 0 Å². The molecule has 1 unspecified atom stereocenters. The average Bonchev–Trinajstić information content (AvgIpc) is 3.44. The number of aromatic nitrogens is 5. The summed E-state index contributed by atoms with van der Waals surface area (Å²) in [5.41, 5.74) is 6.31. The zero-order chi connectivity index (χ0) is 33.2. The molecular weight excluding hydrogens is 598 g/mol. The van der Waals surface area contributed by atoms with Crippen LogP contribution in [0, 0.1) is 17.0 Å². The summed E-state index contributed by atoms with van der Waals surface area (Å²) in [6.45, 7) is 6.34. The molecule has 2 aromatic carbocycles. The van der Waals surface area contributed by atoms with Crippen molar-refractivity contribution in [2.45, 2.75) is 58.3 Å². The number of halogens is 2. The molecule has 4 aromatic rings. The molecule has 3 atom stereocenters. The molecule has 2 aromatic heterocycles. The number of benzene rings is 2. The number of ether oxygens (including phenoxy) is 2. The van der Waals surface area contributed by atoms with Gasteiger partial charge in [-0.2, -0.15) is 10.2 Å². The molecule has 0 aliphatic carbocycles. The number of carbonyl (C=O) groups excluding carboxylic acids is 1. The molecule has 5 rings (SSSR count). The van der Waals surface area contributed by atoms with Crippen LogP contribution in [0.15, 0.2) is 47.5 Å². The van der Waals surface area contributed by atoms with Crippen molar-refractivity contribution in [2.24, 2.45) is 18.2 Å². The highest BCUT2D eigenvalue weighted by atomic mass is 19.1. The highest BCUT2D eigenvalue weighted by Gasteiger charge is 2.39. The van der Waals surface area contributed by atoms with Gasteiger partial charge in [-0.1, -0.05) is 32.9 Å². The maximum Gasteiger partial charge on any atom is 0.411 e. The van der Waals surface area contributed by atoms with Gasteiger partial charge in [0, 0.05) is 37.2 Å². The minimum Gasteiger partial charge on any atom is -0.446 e. The highest BCUT2D eigenvalue weighted by Crippen LogP contribution is 2.46. The van der Waals surface area contributed by atoms with Crippen LogP contribution in [0.5, 0.6) is 0 Å². The Morgan fingerprint density at radius 2 is 1.93 bits per heavy atom. The number of methoxy groups -OCH3 is 1. The van der Waals surface area contributed by atoms with Crippen molar-refractivity contribution in [2.75, 3.05) is 32.1 Å². The molecule has 46 heavy (non-hydrogen) atoms. The van der Waals surface area contributed by atoms with E-state index in [9.17, 15) is 14.0 Å². The Kier molecular flexibility index (Phi) is 9.68. The monoisotopic (exact) mass is 638 g/mol. The summed E-state index contributed by atoms with van der Waals surface area (Å²) in [6.07, 6.45) is 1.53. The smallest absolute Gasteiger partial charge is 0.411 e. The lowest BCUT2D eigenvalue weighted by molar-refractivity contribution is -0.0102. The van der Waals surface area contributed by atoms with Crippen LogP contribution >= 0.6 is 0 Å². The number of aryl methyl sites for hydroxylation is 1. The van der Waals surface area contributed by atoms with Crippen molar-refractivity contribution in [3.05, 3.63) is 81.8 Å². The van der Waals surface area contributed by atoms with Gasteiger partial charge in [0.05, 0.1) is 29.6 Å². The van der Waals surface area contributed by atoms with Crippen LogP contribution in [0.1, 0.15) is 62.7 Å². The molecular formula is C32H40F2N8O4. The molecule has 0 saturated carbocycles. The summed E-state index contributed by atoms with van der Waals surface area (Å²) in [5.74, 6) is -1.16. The van der Waals surface area contributed by atoms with Crippen molar-refractivity contribution < 1.29 is 23.0 Å². The van der Waals surface area contributed by atoms with E-state index in [-0.39, 0.29) is 30.6 Å². The molecule has 246 valence electrons. The minimum atomic E-state index is -0.646. The van der Waals surface area contributed by atoms with Crippen LogP contribution in [0.25, 0.3) is 10.8 Å². The van der Waals surface area contributed by atoms with Crippen LogP contribution in [0.2, 0.25) is 0 Å². The lowest BCUT2D eigenvalue weighted by atomic mass is 9.82. The first-order valence-electron chi connectivity index (χ1n) is 15.2. The number of amides is 1. The van der Waals surface area contributed by atoms with Crippen molar-refractivity contribution in [3.8, 4) is 0 Å². The number of carbonyl (C=O) groups is 1. The van der Waals surface area contributed by atoms with Gasteiger partial charge in [-0.3, -0.25) is 14.4 Å². The van der Waals surface area contributed by atoms with Gasteiger partial charge in [-0.15, -0.1) is 0 Å². The quantitative estimate of drug-likeness (QED) is 0.232. The van der Waals surface area contributed by atoms with Crippen molar-refractivity contribution in [1.82, 2.24) is 29.4 Å². The number of hydrogen-bond acceptors (Lipinski definition) is 9. The van der Waals surface area contributed by atoms with Crippen LogP contribution in [0.3, 0.4) is 0 Å². The molecule has 1 aliphatic heterocycles. The van der Waals surface area contributed by atoms with Crippen molar-refractivity contribution >= 4 is 22.6 Å². The first kappa shape index (κ1) is 32.9. The molecule has 3 N–H and O–H groups in total. The maximum absolute atomic E-state index is 15.1. The first-order chi connectivity index (χ1) is 22.0. The first-order valence-corrected chi connectivity index (χ1v) is 15.2. The van der Waals surface area contributed by atoms with Crippen LogP contribution in [-0.4, -0.2) is 68.4 Å². The Morgan fingerprint density at radius 1 is 1.20 bits per heavy atom. The van der Waals surface area contributed by atoms with Gasteiger partial charge >= 0.3 is 6.09 Å². The van der Waals surface area contributed by atoms with Crippen LogP contribution in [-0.2, 0) is 23.2 Å². The molecule has 1 aliphatic rings. The second-order valence-electron chi connectivity index (χ2n) is 12.2. The van der Waals surface area contributed by atoms with E-state index in [0.29, 0.717) is 47.5 Å². The normalized spacial score (nSPS) is 16.7. The lowest BCUT2D eigenvalue weighted by Crippen LogP contribution is -2.44. The summed E-state index contributed by atoms with van der Waals surface area (Å²) < 4.78 is 43.0. The molecule has 14 heteroatoms. The van der Waals surface area contributed by atoms with E-state index < -0.39 is 41.4 Å². The zero-order valence-corrected chi connectivity index (χ0v) is 26.7. The fourth-order valence-corrected chi connectivity index (χ4v) is 6.16. The molecule has 0 radical (unpaired) electrons. The number of nitrogens with two attached hydrogens (primary N) is 1. The Bertz CT molecular complexity index is 1760. The summed E-state index contributed by atoms with van der Waals surface area (Å²) >= 11 is 0.